The van der Waals surface area contributed by atoms with E-state index < -0.39 is 32.1 Å². The molecule has 15 heteroatoms. The normalized spacial score (nSPS) is 12.5. The highest BCUT2D eigenvalue weighted by Crippen LogP contribution is 2.50. The van der Waals surface area contributed by atoms with Crippen LogP contribution in [0.5, 0.6) is 0 Å². The highest BCUT2D eigenvalue weighted by Gasteiger charge is 2.29. The Morgan fingerprint density at radius 1 is 0.811 bits per heavy atom. The highest BCUT2D eigenvalue weighted by atomic mass is 31.2. The van der Waals surface area contributed by atoms with E-state index in [0.29, 0.717) is 25.7 Å². The summed E-state index contributed by atoms with van der Waals surface area (Å²) in [6, 6.07) is -0.984. The van der Waals surface area contributed by atoms with Crippen molar-refractivity contribution in [2.24, 2.45) is 10.5 Å². The lowest BCUT2D eigenvalue weighted by Crippen LogP contribution is -2.46. The van der Waals surface area contributed by atoms with Crippen molar-refractivity contribution in [1.29, 1.82) is 0 Å². The molecule has 0 radical (unpaired) electrons. The van der Waals surface area contributed by atoms with E-state index in [9.17, 15) is 24.1 Å². The maximum atomic E-state index is 13.3. The van der Waals surface area contributed by atoms with Crippen LogP contribution in [0.2, 0.25) is 0 Å². The second-order valence-corrected chi connectivity index (χ2v) is 9.45. The van der Waals surface area contributed by atoms with Crippen LogP contribution in [0.25, 0.3) is 0 Å². The molecule has 0 fully saturated rings. The van der Waals surface area contributed by atoms with Crippen LogP contribution < -0.4 is 5.73 Å². The molecule has 0 aromatic carbocycles. The molecule has 0 aromatic rings. The average Bonchev–Trinajstić information content (AvgIpc) is 2.85. The number of rotatable bonds is 20. The molecule has 0 spiro atoms. The van der Waals surface area contributed by atoms with Crippen molar-refractivity contribution in [3.8, 4) is 0 Å². The summed E-state index contributed by atoms with van der Waals surface area (Å²) in [7, 11) is -2.78. The lowest BCUT2D eigenvalue weighted by Gasteiger charge is -2.26. The molecule has 0 heterocycles. The Morgan fingerprint density at radius 2 is 1.27 bits per heavy atom. The maximum Gasteiger partial charge on any atom is 0.508 e. The summed E-state index contributed by atoms with van der Waals surface area (Å²) in [6.45, 7) is 5.61. The Morgan fingerprint density at radius 3 is 1.68 bits per heavy atom. The van der Waals surface area contributed by atoms with Crippen molar-refractivity contribution in [1.82, 2.24) is 4.90 Å². The molecule has 3 N–H and O–H groups in total. The summed E-state index contributed by atoms with van der Waals surface area (Å²) in [4.78, 5) is 35.6. The van der Waals surface area contributed by atoms with Crippen molar-refractivity contribution in [3.05, 3.63) is 0 Å². The fourth-order valence-corrected chi connectivity index (χ4v) is 3.88. The first kappa shape index (κ1) is 34.4. The van der Waals surface area contributed by atoms with Gasteiger partial charge in [0.2, 0.25) is 5.96 Å². The smallest absolute Gasteiger partial charge is 0.480 e. The number of carbonyl (C=O) groups excluding carboxylic acids is 2. The molecule has 14 nitrogen and oxygen atoms in total. The van der Waals surface area contributed by atoms with Gasteiger partial charge >= 0.3 is 26.0 Å². The van der Waals surface area contributed by atoms with Crippen molar-refractivity contribution in [2.75, 3.05) is 46.7 Å². The molecule has 1 unspecified atom stereocenters. The van der Waals surface area contributed by atoms with Gasteiger partial charge < -0.3 is 34.7 Å². The van der Waals surface area contributed by atoms with E-state index >= 15 is 0 Å². The summed E-state index contributed by atoms with van der Waals surface area (Å²) in [6.07, 6.45) is 1.69. The van der Waals surface area contributed by atoms with E-state index in [1.807, 2.05) is 20.8 Å². The number of hydrogen-bond acceptors (Lipinski definition) is 10. The number of carbonyl (C=O) groups is 3. The molecule has 0 bridgehead atoms. The third-order valence-corrected chi connectivity index (χ3v) is 6.01. The van der Waals surface area contributed by atoms with Gasteiger partial charge in [-0.15, -0.1) is 4.76 Å². The van der Waals surface area contributed by atoms with E-state index in [1.54, 1.807) is 0 Å². The molecule has 37 heavy (non-hydrogen) atoms. The number of likely N-dealkylation sites (N-methyl/N-ethyl adjacent to an activating group) is 1. The molecule has 0 saturated carbocycles. The molecule has 0 rings (SSSR count). The summed E-state index contributed by atoms with van der Waals surface area (Å²) >= 11 is 0. The van der Waals surface area contributed by atoms with Gasteiger partial charge in [0.1, 0.15) is 6.04 Å². The number of aliphatic carboxylic acids is 1. The predicted octanol–water partition coefficient (Wildman–Crippen LogP) is 3.92. The first-order valence-electron chi connectivity index (χ1n) is 12.4. The summed E-state index contributed by atoms with van der Waals surface area (Å²) in [5.74, 6) is -1.45. The van der Waals surface area contributed by atoms with Crippen LogP contribution in [0, 0.1) is 0 Å². The van der Waals surface area contributed by atoms with Crippen LogP contribution in [0.15, 0.2) is 4.76 Å². The Hall–Kier alpha value is -2.57. The van der Waals surface area contributed by atoms with Crippen molar-refractivity contribution < 1.29 is 52.1 Å². The van der Waals surface area contributed by atoms with Gasteiger partial charge in [-0.2, -0.15) is 0 Å². The van der Waals surface area contributed by atoms with Gasteiger partial charge in [0.05, 0.1) is 39.6 Å². The zero-order valence-corrected chi connectivity index (χ0v) is 23.1. The minimum Gasteiger partial charge on any atom is -0.480 e. The van der Waals surface area contributed by atoms with Crippen molar-refractivity contribution in [3.63, 3.8) is 0 Å². The second-order valence-electron chi connectivity index (χ2n) is 7.80. The van der Waals surface area contributed by atoms with Crippen LogP contribution >= 0.6 is 7.75 Å². The Balaban J connectivity index is 5.11. The van der Waals surface area contributed by atoms with Gasteiger partial charge in [0.15, 0.2) is 0 Å². The molecule has 0 saturated heterocycles. The molecule has 0 aromatic heterocycles. The van der Waals surface area contributed by atoms with Gasteiger partial charge in [-0.3, -0.25) is 9.05 Å². The Labute approximate surface area is 218 Å². The van der Waals surface area contributed by atoms with Crippen LogP contribution in [-0.4, -0.2) is 87.0 Å². The Kier molecular flexibility index (Phi) is 19.1. The summed E-state index contributed by atoms with van der Waals surface area (Å²) in [5, 5.41) is 9.53. The molecule has 0 aliphatic carbocycles. The number of nitrogens with zero attached hydrogens (tertiary/aromatic N) is 2. The van der Waals surface area contributed by atoms with Crippen LogP contribution in [0.1, 0.15) is 65.7 Å². The third kappa shape index (κ3) is 16.7. The fourth-order valence-electron chi connectivity index (χ4n) is 2.57. The molecule has 0 aliphatic rings. The highest BCUT2D eigenvalue weighted by molar-refractivity contribution is 7.52. The van der Waals surface area contributed by atoms with Crippen molar-refractivity contribution >= 4 is 32.0 Å². The van der Waals surface area contributed by atoms with Gasteiger partial charge in [0.25, 0.3) is 0 Å². The quantitative estimate of drug-likeness (QED) is 0.0724. The third-order valence-electron chi connectivity index (χ3n) is 4.54. The molecule has 216 valence electrons. The van der Waals surface area contributed by atoms with Crippen LogP contribution in [-0.2, 0) is 37.4 Å². The molecule has 1 atom stereocenters. The number of hydrogen-bond donors (Lipinski definition) is 2. The topological polar surface area (TPSA) is 186 Å². The molecular weight excluding hydrogens is 513 g/mol. The largest absolute Gasteiger partial charge is 0.508 e. The Bertz CT molecular complexity index is 717. The maximum absolute atomic E-state index is 13.3. The number of guanidine groups is 1. The first-order chi connectivity index (χ1) is 17.6. The van der Waals surface area contributed by atoms with E-state index in [0.717, 1.165) is 6.42 Å². The summed E-state index contributed by atoms with van der Waals surface area (Å²) < 4.78 is 47.1. The first-order valence-corrected chi connectivity index (χ1v) is 13.9. The van der Waals surface area contributed by atoms with Gasteiger partial charge in [0, 0.05) is 19.9 Å². The lowest BCUT2D eigenvalue weighted by molar-refractivity contribution is -0.141. The number of carboxylic acids is 1. The number of nitrogens with two attached hydrogens (primary N) is 1. The minimum absolute atomic E-state index is 0.0620. The predicted molar refractivity (Wildman–Crippen MR) is 134 cm³/mol. The minimum atomic E-state index is -4.20. The molecular formula is C22H42N3O11P. The fraction of sp³-hybridized carbons (Fsp3) is 0.818. The zero-order valence-electron chi connectivity index (χ0n) is 22.2. The van der Waals surface area contributed by atoms with Gasteiger partial charge in [-0.1, -0.05) is 33.6 Å². The van der Waals surface area contributed by atoms with Crippen molar-refractivity contribution in [2.45, 2.75) is 71.8 Å². The summed E-state index contributed by atoms with van der Waals surface area (Å²) in [5.41, 5.74) is 5.96. The molecule has 0 aliphatic heterocycles. The zero-order chi connectivity index (χ0) is 28.1. The lowest BCUT2D eigenvalue weighted by atomic mass is 10.1. The second kappa shape index (κ2) is 20.5. The number of unbranched alkanes of at least 4 members (excludes halogenated alkanes) is 1. The van der Waals surface area contributed by atoms with E-state index in [1.165, 1.54) is 11.9 Å². The SMILES string of the molecule is CCCCC(C(=O)O)N(C)C(N)=NP(=O)(OCCCOC(=O)OCCC)OCCCOC(=O)OCCC. The van der Waals surface area contributed by atoms with Gasteiger partial charge in [-0.25, -0.2) is 18.9 Å². The van der Waals surface area contributed by atoms with Crippen LogP contribution in [0.3, 0.4) is 0 Å². The van der Waals surface area contributed by atoms with E-state index in [4.69, 9.17) is 33.7 Å². The standard InChI is InChI=1S/C22H42N3O11P/c1-5-8-11-18(19(26)27)25(4)20(23)24-37(30,35-16-9-14-33-21(28)31-12-6-2)36-17-10-15-34-22(29)32-13-7-3/h18H,5-17H2,1-4H3,(H,26,27)(H2,23,24,30). The van der Waals surface area contributed by atoms with Gasteiger partial charge in [-0.05, 0) is 19.3 Å². The average molecular weight is 556 g/mol. The molecule has 0 amide bonds. The van der Waals surface area contributed by atoms with E-state index in [2.05, 4.69) is 4.76 Å². The van der Waals surface area contributed by atoms with Crippen LogP contribution in [0.4, 0.5) is 9.59 Å². The number of ether oxygens (including phenoxy) is 4. The number of carboxylic acid groups (broad SMARTS) is 1. The van der Waals surface area contributed by atoms with E-state index in [-0.39, 0.29) is 58.4 Å². The monoisotopic (exact) mass is 555 g/mol.